The van der Waals surface area contributed by atoms with Gasteiger partial charge in [-0.3, -0.25) is 9.59 Å². The second-order valence-electron chi connectivity index (χ2n) is 9.40. The first kappa shape index (κ1) is 23.6. The Balaban J connectivity index is 1.41. The van der Waals surface area contributed by atoms with Gasteiger partial charge in [-0.1, -0.05) is 60.7 Å². The molecule has 0 spiro atoms. The topological polar surface area (TPSA) is 61.4 Å². The van der Waals surface area contributed by atoms with E-state index in [1.165, 1.54) is 6.42 Å². The van der Waals surface area contributed by atoms with Crippen LogP contribution in [0.2, 0.25) is 0 Å². The van der Waals surface area contributed by atoms with Gasteiger partial charge in [-0.15, -0.1) is 0 Å². The highest BCUT2D eigenvalue weighted by Crippen LogP contribution is 2.28. The summed E-state index contributed by atoms with van der Waals surface area (Å²) in [5.41, 5.74) is 3.72. The maximum absolute atomic E-state index is 13.5. The lowest BCUT2D eigenvalue weighted by molar-refractivity contribution is 0.0939. The molecule has 1 heterocycles. The van der Waals surface area contributed by atoms with E-state index < -0.39 is 0 Å². The summed E-state index contributed by atoms with van der Waals surface area (Å²) in [6.45, 7) is 3.84. The number of fused-ring (bicyclic) bond motifs is 1. The van der Waals surface area contributed by atoms with Gasteiger partial charge in [0.1, 0.15) is 0 Å². The van der Waals surface area contributed by atoms with Gasteiger partial charge in [0.15, 0.2) is 0 Å². The number of nitrogens with zero attached hydrogens (tertiary/aromatic N) is 1. The molecule has 1 saturated heterocycles. The Kier molecular flexibility index (Phi) is 6.99. The minimum Gasteiger partial charge on any atom is -0.371 e. The number of rotatable bonds is 6. The van der Waals surface area contributed by atoms with Crippen molar-refractivity contribution in [2.24, 2.45) is 0 Å². The first-order valence-corrected chi connectivity index (χ1v) is 12.6. The van der Waals surface area contributed by atoms with E-state index in [1.807, 2.05) is 91.9 Å². The van der Waals surface area contributed by atoms with Crippen molar-refractivity contribution in [3.05, 3.63) is 108 Å². The highest BCUT2D eigenvalue weighted by molar-refractivity contribution is 6.08. The molecule has 1 unspecified atom stereocenters. The quantitative estimate of drug-likeness (QED) is 0.330. The van der Waals surface area contributed by atoms with Crippen molar-refractivity contribution >= 4 is 34.0 Å². The molecular weight excluding hydrogens is 446 g/mol. The van der Waals surface area contributed by atoms with Crippen LogP contribution in [-0.4, -0.2) is 24.9 Å². The van der Waals surface area contributed by atoms with Crippen LogP contribution in [0.4, 0.5) is 11.4 Å². The van der Waals surface area contributed by atoms with Crippen LogP contribution in [0.25, 0.3) is 10.8 Å². The minimum atomic E-state index is -0.199. The number of anilines is 2. The highest BCUT2D eigenvalue weighted by Gasteiger charge is 2.21. The van der Waals surface area contributed by atoms with Crippen molar-refractivity contribution in [1.82, 2.24) is 5.32 Å². The van der Waals surface area contributed by atoms with Gasteiger partial charge < -0.3 is 15.5 Å². The summed E-state index contributed by atoms with van der Waals surface area (Å²) in [5, 5.41) is 8.25. The molecule has 0 radical (unpaired) electrons. The third-order valence-electron chi connectivity index (χ3n) is 6.85. The van der Waals surface area contributed by atoms with E-state index >= 15 is 0 Å². The molecule has 36 heavy (non-hydrogen) atoms. The van der Waals surface area contributed by atoms with Gasteiger partial charge >= 0.3 is 0 Å². The Bertz CT molecular complexity index is 1380. The number of piperidine rings is 1. The molecule has 0 aromatic heterocycles. The van der Waals surface area contributed by atoms with Crippen LogP contribution in [0.15, 0.2) is 91.0 Å². The molecule has 182 valence electrons. The number of hydrogen-bond acceptors (Lipinski definition) is 3. The second kappa shape index (κ2) is 10.6. The monoisotopic (exact) mass is 477 g/mol. The lowest BCUT2D eigenvalue weighted by atomic mass is 10.0. The van der Waals surface area contributed by atoms with Gasteiger partial charge in [-0.25, -0.2) is 0 Å². The average Bonchev–Trinajstić information content (AvgIpc) is 2.93. The van der Waals surface area contributed by atoms with E-state index in [0.717, 1.165) is 48.0 Å². The fourth-order valence-electron chi connectivity index (χ4n) is 4.84. The lowest BCUT2D eigenvalue weighted by Crippen LogP contribution is -2.33. The van der Waals surface area contributed by atoms with Crippen LogP contribution in [-0.2, 0) is 0 Å². The summed E-state index contributed by atoms with van der Waals surface area (Å²) in [5.74, 6) is -0.343. The summed E-state index contributed by atoms with van der Waals surface area (Å²) in [7, 11) is 0. The average molecular weight is 478 g/mol. The third kappa shape index (κ3) is 5.25. The van der Waals surface area contributed by atoms with E-state index in [-0.39, 0.29) is 17.9 Å². The standard InChI is InChI=1S/C31H31N3O2/c1-22(23-10-4-2-5-11-23)32-31(36)28-21-27(16-17-29(28)34-18-8-3-9-19-34)33-30(35)26-15-14-24-12-6-7-13-25(24)20-26/h2,4-7,10-17,20-22H,3,8-9,18-19H2,1H3,(H,32,36)(H,33,35). The summed E-state index contributed by atoms with van der Waals surface area (Å²) in [6.07, 6.45) is 3.44. The number of nitrogens with one attached hydrogen (secondary N) is 2. The molecule has 4 aromatic rings. The first-order chi connectivity index (χ1) is 17.6. The zero-order valence-corrected chi connectivity index (χ0v) is 20.5. The van der Waals surface area contributed by atoms with Crippen molar-refractivity contribution in [1.29, 1.82) is 0 Å². The fraction of sp³-hybridized carbons (Fsp3) is 0.226. The summed E-state index contributed by atoms with van der Waals surface area (Å²) in [4.78, 5) is 28.8. The Morgan fingerprint density at radius 3 is 2.25 bits per heavy atom. The first-order valence-electron chi connectivity index (χ1n) is 12.6. The zero-order chi connectivity index (χ0) is 24.9. The molecule has 2 N–H and O–H groups in total. The molecule has 5 rings (SSSR count). The Labute approximate surface area is 212 Å². The number of carbonyl (C=O) groups excluding carboxylic acids is 2. The van der Waals surface area contributed by atoms with Crippen molar-refractivity contribution in [2.45, 2.75) is 32.2 Å². The van der Waals surface area contributed by atoms with E-state index in [0.29, 0.717) is 16.8 Å². The molecule has 1 aliphatic heterocycles. The number of hydrogen-bond donors (Lipinski definition) is 2. The molecule has 2 amide bonds. The maximum atomic E-state index is 13.5. The van der Waals surface area contributed by atoms with E-state index in [4.69, 9.17) is 0 Å². The molecule has 1 fully saturated rings. The smallest absolute Gasteiger partial charge is 0.255 e. The van der Waals surface area contributed by atoms with Crippen molar-refractivity contribution < 1.29 is 9.59 Å². The summed E-state index contributed by atoms with van der Waals surface area (Å²) in [6, 6.07) is 29.1. The molecule has 1 atom stereocenters. The van der Waals surface area contributed by atoms with Crippen molar-refractivity contribution in [3.8, 4) is 0 Å². The molecular formula is C31H31N3O2. The van der Waals surface area contributed by atoms with Gasteiger partial charge in [0.2, 0.25) is 0 Å². The summed E-state index contributed by atoms with van der Waals surface area (Å²) >= 11 is 0. The minimum absolute atomic E-state index is 0.135. The zero-order valence-electron chi connectivity index (χ0n) is 20.5. The molecule has 0 saturated carbocycles. The normalized spacial score (nSPS) is 14.3. The fourth-order valence-corrected chi connectivity index (χ4v) is 4.84. The maximum Gasteiger partial charge on any atom is 0.255 e. The molecule has 1 aliphatic rings. The van der Waals surface area contributed by atoms with Crippen LogP contribution in [0.3, 0.4) is 0 Å². The molecule has 0 bridgehead atoms. The van der Waals surface area contributed by atoms with Crippen LogP contribution < -0.4 is 15.5 Å². The van der Waals surface area contributed by atoms with E-state index in [2.05, 4.69) is 15.5 Å². The van der Waals surface area contributed by atoms with E-state index in [1.54, 1.807) is 6.07 Å². The molecule has 5 nitrogen and oxygen atoms in total. The molecule has 4 aromatic carbocycles. The Morgan fingerprint density at radius 2 is 1.47 bits per heavy atom. The van der Waals surface area contributed by atoms with Crippen LogP contribution in [0.1, 0.15) is 58.5 Å². The lowest BCUT2D eigenvalue weighted by Gasteiger charge is -2.31. The second-order valence-corrected chi connectivity index (χ2v) is 9.40. The van der Waals surface area contributed by atoms with Gasteiger partial charge in [-0.2, -0.15) is 0 Å². The predicted octanol–water partition coefficient (Wildman–Crippen LogP) is 6.57. The van der Waals surface area contributed by atoms with E-state index in [9.17, 15) is 9.59 Å². The van der Waals surface area contributed by atoms with Gasteiger partial charge in [0.05, 0.1) is 11.6 Å². The molecule has 0 aliphatic carbocycles. The third-order valence-corrected chi connectivity index (χ3v) is 6.85. The van der Waals surface area contributed by atoms with Crippen LogP contribution >= 0.6 is 0 Å². The van der Waals surface area contributed by atoms with Crippen LogP contribution in [0.5, 0.6) is 0 Å². The Hall–Kier alpha value is -4.12. The summed E-state index contributed by atoms with van der Waals surface area (Å²) < 4.78 is 0. The number of benzene rings is 4. The van der Waals surface area contributed by atoms with Crippen molar-refractivity contribution in [3.63, 3.8) is 0 Å². The van der Waals surface area contributed by atoms with Crippen molar-refractivity contribution in [2.75, 3.05) is 23.3 Å². The Morgan fingerprint density at radius 1 is 0.750 bits per heavy atom. The van der Waals surface area contributed by atoms with Gasteiger partial charge in [0, 0.05) is 30.0 Å². The van der Waals surface area contributed by atoms with Crippen LogP contribution in [0, 0.1) is 0 Å². The largest absolute Gasteiger partial charge is 0.371 e. The number of carbonyl (C=O) groups is 2. The highest BCUT2D eigenvalue weighted by atomic mass is 16.2. The SMILES string of the molecule is CC(NC(=O)c1cc(NC(=O)c2ccc3ccccc3c2)ccc1N1CCCCC1)c1ccccc1. The molecule has 5 heteroatoms. The predicted molar refractivity (Wildman–Crippen MR) is 147 cm³/mol. The van der Waals surface area contributed by atoms with Gasteiger partial charge in [0.25, 0.3) is 11.8 Å². The number of amides is 2. The van der Waals surface area contributed by atoms with Gasteiger partial charge in [-0.05, 0) is 72.9 Å².